The maximum atomic E-state index is 4.23. The van der Waals surface area contributed by atoms with E-state index in [-0.39, 0.29) is 0 Å². The average Bonchev–Trinajstić information content (AvgIpc) is 2.95. The lowest BCUT2D eigenvalue weighted by molar-refractivity contribution is 0.925. The van der Waals surface area contributed by atoms with E-state index in [2.05, 4.69) is 25.8 Å². The zero-order valence-electron chi connectivity index (χ0n) is 10.6. The summed E-state index contributed by atoms with van der Waals surface area (Å²) in [6.07, 6.45) is 7.05. The molecule has 0 unspecified atom stereocenters. The number of hydrogen-bond acceptors (Lipinski definition) is 5. The van der Waals surface area contributed by atoms with Crippen LogP contribution in [-0.2, 0) is 0 Å². The summed E-state index contributed by atoms with van der Waals surface area (Å²) in [5.41, 5.74) is 4.67. The van der Waals surface area contributed by atoms with Gasteiger partial charge in [0, 0.05) is 6.21 Å². The highest BCUT2D eigenvalue weighted by Gasteiger charge is 1.96. The Labute approximate surface area is 115 Å². The minimum absolute atomic E-state index is 0.627. The SMILES string of the molecule is C(=Cc1ccccc1)C=NNc1ccc2nncn2n1. The Kier molecular flexibility index (Phi) is 3.46. The summed E-state index contributed by atoms with van der Waals surface area (Å²) in [6.45, 7) is 0. The zero-order valence-corrected chi connectivity index (χ0v) is 10.6. The summed E-state index contributed by atoms with van der Waals surface area (Å²) in [6, 6.07) is 13.6. The molecule has 0 saturated carbocycles. The molecule has 0 radical (unpaired) electrons. The molecular weight excluding hydrogens is 252 g/mol. The Morgan fingerprint density at radius 3 is 2.90 bits per heavy atom. The molecule has 1 aromatic carbocycles. The van der Waals surface area contributed by atoms with Crippen LogP contribution < -0.4 is 5.43 Å². The number of rotatable bonds is 4. The van der Waals surface area contributed by atoms with Crippen LogP contribution in [0.4, 0.5) is 5.82 Å². The predicted octanol–water partition coefficient (Wildman–Crippen LogP) is 2.24. The number of hydrogen-bond donors (Lipinski definition) is 1. The Balaban J connectivity index is 1.61. The molecule has 2 aromatic heterocycles. The van der Waals surface area contributed by atoms with Gasteiger partial charge >= 0.3 is 0 Å². The van der Waals surface area contributed by atoms with Gasteiger partial charge in [0.25, 0.3) is 0 Å². The fourth-order valence-corrected chi connectivity index (χ4v) is 1.65. The molecule has 0 bridgehead atoms. The van der Waals surface area contributed by atoms with Gasteiger partial charge in [0.05, 0.1) is 0 Å². The first-order chi connectivity index (χ1) is 9.92. The third-order valence-electron chi connectivity index (χ3n) is 2.59. The van der Waals surface area contributed by atoms with Crippen molar-refractivity contribution in [3.05, 3.63) is 60.4 Å². The van der Waals surface area contributed by atoms with E-state index in [9.17, 15) is 0 Å². The molecule has 3 aromatic rings. The molecule has 1 N–H and O–H groups in total. The van der Waals surface area contributed by atoms with Crippen LogP contribution in [0.15, 0.2) is 60.0 Å². The molecule has 0 aliphatic heterocycles. The highest BCUT2D eigenvalue weighted by atomic mass is 15.4. The van der Waals surface area contributed by atoms with E-state index in [1.807, 2.05) is 48.6 Å². The maximum Gasteiger partial charge on any atom is 0.177 e. The van der Waals surface area contributed by atoms with Gasteiger partial charge in [-0.3, -0.25) is 5.43 Å². The van der Waals surface area contributed by atoms with E-state index in [1.54, 1.807) is 23.1 Å². The molecule has 0 fully saturated rings. The minimum atomic E-state index is 0.627. The van der Waals surface area contributed by atoms with Crippen molar-refractivity contribution in [2.45, 2.75) is 0 Å². The van der Waals surface area contributed by atoms with E-state index in [4.69, 9.17) is 0 Å². The smallest absolute Gasteiger partial charge is 0.177 e. The van der Waals surface area contributed by atoms with Crippen molar-refractivity contribution < 1.29 is 0 Å². The Morgan fingerprint density at radius 1 is 1.10 bits per heavy atom. The molecule has 20 heavy (non-hydrogen) atoms. The van der Waals surface area contributed by atoms with E-state index in [0.29, 0.717) is 11.5 Å². The van der Waals surface area contributed by atoms with Gasteiger partial charge in [-0.05, 0) is 23.8 Å². The van der Waals surface area contributed by atoms with Crippen molar-refractivity contribution in [1.29, 1.82) is 0 Å². The molecule has 0 aliphatic rings. The van der Waals surface area contributed by atoms with Crippen molar-refractivity contribution >= 4 is 23.8 Å². The van der Waals surface area contributed by atoms with Gasteiger partial charge in [-0.15, -0.1) is 15.3 Å². The molecule has 3 rings (SSSR count). The first-order valence-corrected chi connectivity index (χ1v) is 6.10. The fraction of sp³-hybridized carbons (Fsp3) is 0. The van der Waals surface area contributed by atoms with Crippen LogP contribution in [0.25, 0.3) is 11.7 Å². The number of nitrogens with one attached hydrogen (secondary N) is 1. The Morgan fingerprint density at radius 2 is 2.00 bits per heavy atom. The topological polar surface area (TPSA) is 67.5 Å². The van der Waals surface area contributed by atoms with E-state index in [0.717, 1.165) is 5.56 Å². The zero-order chi connectivity index (χ0) is 13.6. The van der Waals surface area contributed by atoms with Gasteiger partial charge in [-0.25, -0.2) is 0 Å². The van der Waals surface area contributed by atoms with Gasteiger partial charge in [-0.2, -0.15) is 9.62 Å². The Bertz CT molecular complexity index is 744. The van der Waals surface area contributed by atoms with Gasteiger partial charge in [0.15, 0.2) is 11.5 Å². The number of allylic oxidation sites excluding steroid dienone is 1. The maximum absolute atomic E-state index is 4.23. The summed E-state index contributed by atoms with van der Waals surface area (Å²) in [5, 5.41) is 15.9. The second-order valence-corrected chi connectivity index (χ2v) is 4.01. The number of hydrazone groups is 1. The normalized spacial score (nSPS) is 11.6. The van der Waals surface area contributed by atoms with Crippen LogP contribution in [0.3, 0.4) is 0 Å². The second-order valence-electron chi connectivity index (χ2n) is 4.01. The Hall–Kier alpha value is -3.02. The van der Waals surface area contributed by atoms with Crippen LogP contribution >= 0.6 is 0 Å². The summed E-state index contributed by atoms with van der Waals surface area (Å²) >= 11 is 0. The monoisotopic (exact) mass is 264 g/mol. The van der Waals surface area contributed by atoms with Gasteiger partial charge < -0.3 is 0 Å². The standard InChI is InChI=1S/C14H12N6/c1-2-5-12(6-3-1)7-4-10-15-17-13-8-9-14-18-16-11-20(14)19-13/h1-11H,(H,17,19). The molecule has 0 saturated heterocycles. The molecule has 2 heterocycles. The lowest BCUT2D eigenvalue weighted by Gasteiger charge is -1.97. The molecule has 98 valence electrons. The summed E-state index contributed by atoms with van der Waals surface area (Å²) in [7, 11) is 0. The first-order valence-electron chi connectivity index (χ1n) is 6.10. The molecule has 0 amide bonds. The summed E-state index contributed by atoms with van der Waals surface area (Å²) in [5.74, 6) is 0.627. The number of fused-ring (bicyclic) bond motifs is 1. The number of benzene rings is 1. The first kappa shape index (κ1) is 12.0. The third-order valence-corrected chi connectivity index (χ3v) is 2.59. The number of aromatic nitrogens is 4. The largest absolute Gasteiger partial charge is 0.260 e. The predicted molar refractivity (Wildman–Crippen MR) is 78.4 cm³/mol. The van der Waals surface area contributed by atoms with Gasteiger partial charge in [-0.1, -0.05) is 36.4 Å². The van der Waals surface area contributed by atoms with Gasteiger partial charge in [0.2, 0.25) is 0 Å². The highest BCUT2D eigenvalue weighted by Crippen LogP contribution is 2.04. The lowest BCUT2D eigenvalue weighted by atomic mass is 10.2. The third kappa shape index (κ3) is 2.86. The van der Waals surface area contributed by atoms with E-state index in [1.165, 1.54) is 0 Å². The van der Waals surface area contributed by atoms with Crippen LogP contribution in [0, 0.1) is 0 Å². The molecule has 0 spiro atoms. The second kappa shape index (κ2) is 5.75. The molecule has 0 atom stereocenters. The van der Waals surface area contributed by atoms with Crippen LogP contribution in [-0.4, -0.2) is 26.0 Å². The highest BCUT2D eigenvalue weighted by molar-refractivity contribution is 5.78. The molecule has 0 aliphatic carbocycles. The van der Waals surface area contributed by atoms with Crippen LogP contribution in [0.1, 0.15) is 5.56 Å². The van der Waals surface area contributed by atoms with Crippen molar-refractivity contribution in [3.8, 4) is 0 Å². The fourth-order valence-electron chi connectivity index (χ4n) is 1.65. The average molecular weight is 264 g/mol. The molecular formula is C14H12N6. The quantitative estimate of drug-likeness (QED) is 0.579. The molecule has 6 heteroatoms. The van der Waals surface area contributed by atoms with E-state index < -0.39 is 0 Å². The van der Waals surface area contributed by atoms with E-state index >= 15 is 0 Å². The number of anilines is 1. The molecule has 6 nitrogen and oxygen atoms in total. The summed E-state index contributed by atoms with van der Waals surface area (Å²) in [4.78, 5) is 0. The van der Waals surface area contributed by atoms with Crippen LogP contribution in [0.5, 0.6) is 0 Å². The van der Waals surface area contributed by atoms with Gasteiger partial charge in [0.1, 0.15) is 6.33 Å². The van der Waals surface area contributed by atoms with Crippen molar-refractivity contribution in [3.63, 3.8) is 0 Å². The summed E-state index contributed by atoms with van der Waals surface area (Å²) < 4.78 is 1.58. The lowest BCUT2D eigenvalue weighted by Crippen LogP contribution is -1.97. The number of nitrogens with zero attached hydrogens (tertiary/aromatic N) is 5. The van der Waals surface area contributed by atoms with Crippen molar-refractivity contribution in [2.24, 2.45) is 5.10 Å². The van der Waals surface area contributed by atoms with Crippen molar-refractivity contribution in [2.75, 3.05) is 5.43 Å². The van der Waals surface area contributed by atoms with Crippen LogP contribution in [0.2, 0.25) is 0 Å². The van der Waals surface area contributed by atoms with Crippen molar-refractivity contribution in [1.82, 2.24) is 19.8 Å². The minimum Gasteiger partial charge on any atom is -0.260 e.